The van der Waals surface area contributed by atoms with Gasteiger partial charge in [0.25, 0.3) is 5.91 Å². The van der Waals surface area contributed by atoms with Gasteiger partial charge in [0, 0.05) is 25.5 Å². The fourth-order valence-corrected chi connectivity index (χ4v) is 2.64. The highest BCUT2D eigenvalue weighted by molar-refractivity contribution is 5.93. The number of aromatic nitrogens is 2. The Balaban J connectivity index is 1.76. The van der Waals surface area contributed by atoms with E-state index in [-0.39, 0.29) is 19.1 Å². The van der Waals surface area contributed by atoms with Gasteiger partial charge in [-0.1, -0.05) is 48.6 Å². The molecular weight excluding hydrogens is 314 g/mol. The molecule has 1 amide bonds. The van der Waals surface area contributed by atoms with Crippen LogP contribution in [0.2, 0.25) is 0 Å². The molecule has 128 valence electrons. The Labute approximate surface area is 146 Å². The summed E-state index contributed by atoms with van der Waals surface area (Å²) in [7, 11) is 0. The zero-order valence-electron chi connectivity index (χ0n) is 14.2. The number of hydrogen-bond donors (Lipinski definition) is 1. The van der Waals surface area contributed by atoms with E-state index in [0.29, 0.717) is 12.2 Å². The molecule has 1 N–H and O–H groups in total. The summed E-state index contributed by atoms with van der Waals surface area (Å²) in [4.78, 5) is 18.7. The molecule has 0 radical (unpaired) electrons. The summed E-state index contributed by atoms with van der Waals surface area (Å²) in [5.41, 5.74) is 3.29. The molecule has 2 heterocycles. The SMILES string of the molecule is Cc1ccc2nc(C(=O)N(C/C=C/c3ccccc3)CCO)cn2c1. The van der Waals surface area contributed by atoms with E-state index in [1.54, 1.807) is 11.1 Å². The number of carbonyl (C=O) groups is 1. The lowest BCUT2D eigenvalue weighted by molar-refractivity contribution is 0.0738. The Morgan fingerprint density at radius 2 is 2.00 bits per heavy atom. The lowest BCUT2D eigenvalue weighted by atomic mass is 10.2. The molecule has 0 atom stereocenters. The molecule has 3 rings (SSSR count). The van der Waals surface area contributed by atoms with Crippen molar-refractivity contribution in [1.29, 1.82) is 0 Å². The minimum Gasteiger partial charge on any atom is -0.395 e. The van der Waals surface area contributed by atoms with Crippen LogP contribution in [-0.4, -0.2) is 45.0 Å². The van der Waals surface area contributed by atoms with Crippen molar-refractivity contribution in [2.24, 2.45) is 0 Å². The monoisotopic (exact) mass is 335 g/mol. The number of aryl methyl sites for hydroxylation is 1. The summed E-state index contributed by atoms with van der Waals surface area (Å²) in [5, 5.41) is 9.28. The maximum atomic E-state index is 12.7. The maximum Gasteiger partial charge on any atom is 0.274 e. The van der Waals surface area contributed by atoms with Crippen LogP contribution in [0.4, 0.5) is 0 Å². The minimum atomic E-state index is -0.187. The minimum absolute atomic E-state index is 0.0859. The van der Waals surface area contributed by atoms with Crippen LogP contribution < -0.4 is 0 Å². The lowest BCUT2D eigenvalue weighted by Gasteiger charge is -2.18. The lowest BCUT2D eigenvalue weighted by Crippen LogP contribution is -2.34. The van der Waals surface area contributed by atoms with Gasteiger partial charge < -0.3 is 14.4 Å². The summed E-state index contributed by atoms with van der Waals surface area (Å²) in [5.74, 6) is -0.187. The van der Waals surface area contributed by atoms with E-state index < -0.39 is 0 Å². The van der Waals surface area contributed by atoms with Crippen LogP contribution >= 0.6 is 0 Å². The third kappa shape index (κ3) is 4.14. The van der Waals surface area contributed by atoms with E-state index in [2.05, 4.69) is 4.98 Å². The topological polar surface area (TPSA) is 57.8 Å². The van der Waals surface area contributed by atoms with Gasteiger partial charge in [-0.05, 0) is 24.1 Å². The van der Waals surface area contributed by atoms with Gasteiger partial charge in [0.1, 0.15) is 11.3 Å². The second kappa shape index (κ2) is 7.77. The van der Waals surface area contributed by atoms with Crippen LogP contribution in [0.5, 0.6) is 0 Å². The zero-order chi connectivity index (χ0) is 17.6. The number of hydrogen-bond acceptors (Lipinski definition) is 3. The molecule has 0 bridgehead atoms. The molecular formula is C20H21N3O2. The molecule has 0 saturated heterocycles. The third-order valence-corrected chi connectivity index (χ3v) is 3.91. The van der Waals surface area contributed by atoms with Crippen LogP contribution in [0, 0.1) is 6.92 Å². The Morgan fingerprint density at radius 1 is 1.20 bits per heavy atom. The number of rotatable bonds is 6. The fourth-order valence-electron chi connectivity index (χ4n) is 2.64. The number of aliphatic hydroxyl groups excluding tert-OH is 1. The largest absolute Gasteiger partial charge is 0.395 e. The molecule has 0 spiro atoms. The summed E-state index contributed by atoms with van der Waals surface area (Å²) in [6.45, 7) is 2.59. The van der Waals surface area contributed by atoms with Crippen LogP contribution in [0.1, 0.15) is 21.6 Å². The number of aliphatic hydroxyl groups is 1. The highest BCUT2D eigenvalue weighted by atomic mass is 16.3. The molecule has 1 aromatic carbocycles. The maximum absolute atomic E-state index is 12.7. The van der Waals surface area contributed by atoms with E-state index in [0.717, 1.165) is 16.8 Å². The highest BCUT2D eigenvalue weighted by Crippen LogP contribution is 2.10. The summed E-state index contributed by atoms with van der Waals surface area (Å²) in [6, 6.07) is 13.7. The van der Waals surface area contributed by atoms with Crippen molar-refractivity contribution < 1.29 is 9.90 Å². The molecule has 0 aliphatic heterocycles. The van der Waals surface area contributed by atoms with E-state index in [1.807, 2.05) is 72.1 Å². The average Bonchev–Trinajstić information content (AvgIpc) is 3.04. The van der Waals surface area contributed by atoms with E-state index in [1.165, 1.54) is 0 Å². The van der Waals surface area contributed by atoms with E-state index in [4.69, 9.17) is 0 Å². The second-order valence-electron chi connectivity index (χ2n) is 5.89. The van der Waals surface area contributed by atoms with Gasteiger partial charge in [-0.2, -0.15) is 0 Å². The van der Waals surface area contributed by atoms with Gasteiger partial charge >= 0.3 is 0 Å². The number of pyridine rings is 1. The van der Waals surface area contributed by atoms with E-state index in [9.17, 15) is 9.90 Å². The van der Waals surface area contributed by atoms with Crippen molar-refractivity contribution in [3.63, 3.8) is 0 Å². The molecule has 0 saturated carbocycles. The smallest absolute Gasteiger partial charge is 0.274 e. The van der Waals surface area contributed by atoms with Gasteiger partial charge in [-0.3, -0.25) is 4.79 Å². The van der Waals surface area contributed by atoms with Crippen LogP contribution in [0.15, 0.2) is 60.9 Å². The Bertz CT molecular complexity index is 884. The molecule has 3 aromatic rings. The average molecular weight is 335 g/mol. The fraction of sp³-hybridized carbons (Fsp3) is 0.200. The first-order valence-corrected chi connectivity index (χ1v) is 8.24. The predicted molar refractivity (Wildman–Crippen MR) is 98.4 cm³/mol. The quantitative estimate of drug-likeness (QED) is 0.753. The van der Waals surface area contributed by atoms with Crippen LogP contribution in [0.25, 0.3) is 11.7 Å². The van der Waals surface area contributed by atoms with Crippen LogP contribution in [0.3, 0.4) is 0 Å². The van der Waals surface area contributed by atoms with Crippen molar-refractivity contribution in [3.8, 4) is 0 Å². The Morgan fingerprint density at radius 3 is 2.76 bits per heavy atom. The summed E-state index contributed by atoms with van der Waals surface area (Å²) < 4.78 is 1.85. The van der Waals surface area contributed by atoms with Gasteiger partial charge in [0.05, 0.1) is 6.61 Å². The molecule has 0 fully saturated rings. The predicted octanol–water partition coefficient (Wildman–Crippen LogP) is 2.79. The van der Waals surface area contributed by atoms with Crippen molar-refractivity contribution in [3.05, 3.63) is 77.8 Å². The van der Waals surface area contributed by atoms with Crippen LogP contribution in [-0.2, 0) is 0 Å². The molecule has 5 nitrogen and oxygen atoms in total. The van der Waals surface area contributed by atoms with Gasteiger partial charge in [0.2, 0.25) is 0 Å². The Hall–Kier alpha value is -2.92. The number of carbonyl (C=O) groups excluding carboxylic acids is 1. The molecule has 5 heteroatoms. The third-order valence-electron chi connectivity index (χ3n) is 3.91. The van der Waals surface area contributed by atoms with E-state index >= 15 is 0 Å². The molecule has 25 heavy (non-hydrogen) atoms. The first-order valence-electron chi connectivity index (χ1n) is 8.24. The normalized spacial score (nSPS) is 11.3. The molecule has 0 unspecified atom stereocenters. The Kier molecular flexibility index (Phi) is 5.26. The number of fused-ring (bicyclic) bond motifs is 1. The first kappa shape index (κ1) is 16.9. The highest BCUT2D eigenvalue weighted by Gasteiger charge is 2.17. The molecule has 0 aliphatic rings. The number of nitrogens with zero attached hydrogens (tertiary/aromatic N) is 3. The van der Waals surface area contributed by atoms with Crippen molar-refractivity contribution in [2.45, 2.75) is 6.92 Å². The van der Waals surface area contributed by atoms with Crippen molar-refractivity contribution >= 4 is 17.6 Å². The zero-order valence-corrected chi connectivity index (χ0v) is 14.2. The number of benzene rings is 1. The van der Waals surface area contributed by atoms with Gasteiger partial charge in [-0.15, -0.1) is 0 Å². The van der Waals surface area contributed by atoms with Gasteiger partial charge in [-0.25, -0.2) is 4.98 Å². The molecule has 2 aromatic heterocycles. The number of amides is 1. The van der Waals surface area contributed by atoms with Gasteiger partial charge in [0.15, 0.2) is 0 Å². The number of imidazole rings is 1. The standard InChI is InChI=1S/C20H21N3O2/c1-16-9-10-19-21-18(15-23(19)14-16)20(25)22(12-13-24)11-5-8-17-6-3-2-4-7-17/h2-10,14-15,24H,11-13H2,1H3/b8-5+. The molecule has 0 aliphatic carbocycles. The summed E-state index contributed by atoms with van der Waals surface area (Å²) >= 11 is 0. The first-order chi connectivity index (χ1) is 12.2. The second-order valence-corrected chi connectivity index (χ2v) is 5.89. The van der Waals surface area contributed by atoms with Crippen molar-refractivity contribution in [1.82, 2.24) is 14.3 Å². The van der Waals surface area contributed by atoms with Crippen molar-refractivity contribution in [2.75, 3.05) is 19.7 Å². The summed E-state index contributed by atoms with van der Waals surface area (Å²) in [6.07, 6.45) is 7.55.